The molecule has 1 heterocycles. The number of hydrogen-bond acceptors (Lipinski definition) is 3. The number of nitrogens with zero attached hydrogens (tertiary/aromatic N) is 2. The molecule has 0 aliphatic carbocycles. The van der Waals surface area contributed by atoms with Gasteiger partial charge in [-0.25, -0.2) is 9.97 Å². The zero-order valence-electron chi connectivity index (χ0n) is 9.47. The molecular weight excluding hydrogens is 337 g/mol. The van der Waals surface area contributed by atoms with Crippen LogP contribution in [0.4, 0.5) is 24.8 Å². The number of aromatic nitrogens is 2. The summed E-state index contributed by atoms with van der Waals surface area (Å²) in [4.78, 5) is 7.08. The summed E-state index contributed by atoms with van der Waals surface area (Å²) in [7, 11) is 0. The van der Waals surface area contributed by atoms with Gasteiger partial charge in [0.05, 0.1) is 10.0 Å². The summed E-state index contributed by atoms with van der Waals surface area (Å²) in [5.41, 5.74) is -0.630. The normalized spacial score (nSPS) is 11.5. The van der Waals surface area contributed by atoms with Gasteiger partial charge in [-0.1, -0.05) is 34.8 Å². The smallest absolute Gasteiger partial charge is 0.324 e. The molecule has 0 saturated heterocycles. The molecule has 0 bridgehead atoms. The molecule has 2 rings (SSSR count). The highest BCUT2D eigenvalue weighted by Crippen LogP contribution is 2.34. The third-order valence-electron chi connectivity index (χ3n) is 2.22. The van der Waals surface area contributed by atoms with Crippen LogP contribution in [0.2, 0.25) is 15.2 Å². The second-order valence-corrected chi connectivity index (χ2v) is 4.82. The van der Waals surface area contributed by atoms with Gasteiger partial charge >= 0.3 is 6.18 Å². The third-order valence-corrected chi connectivity index (χ3v) is 3.25. The molecule has 0 radical (unpaired) electrons. The van der Waals surface area contributed by atoms with Gasteiger partial charge in [0.2, 0.25) is 5.95 Å². The van der Waals surface area contributed by atoms with Crippen LogP contribution in [0.3, 0.4) is 0 Å². The van der Waals surface area contributed by atoms with Crippen molar-refractivity contribution in [1.82, 2.24) is 9.97 Å². The maximum Gasteiger partial charge on any atom is 0.420 e. The monoisotopic (exact) mass is 341 g/mol. The van der Waals surface area contributed by atoms with Crippen molar-refractivity contribution in [3.63, 3.8) is 0 Å². The van der Waals surface area contributed by atoms with Crippen LogP contribution in [0.25, 0.3) is 0 Å². The predicted octanol–water partition coefficient (Wildman–Crippen LogP) is 5.20. The maximum absolute atomic E-state index is 12.5. The van der Waals surface area contributed by atoms with Crippen molar-refractivity contribution in [3.05, 3.63) is 45.2 Å². The van der Waals surface area contributed by atoms with E-state index >= 15 is 0 Å². The zero-order valence-corrected chi connectivity index (χ0v) is 11.7. The SMILES string of the molecule is FC(F)(F)c1cnc(Nc2ccc(Cl)c(Cl)c2)nc1Cl. The Morgan fingerprint density at radius 1 is 1.05 bits per heavy atom. The molecule has 106 valence electrons. The molecule has 0 unspecified atom stereocenters. The van der Waals surface area contributed by atoms with Gasteiger partial charge in [0.1, 0.15) is 10.7 Å². The van der Waals surface area contributed by atoms with Crippen LogP contribution in [0.1, 0.15) is 5.56 Å². The molecule has 0 atom stereocenters. The van der Waals surface area contributed by atoms with Crippen LogP contribution in [0.5, 0.6) is 0 Å². The molecule has 1 aromatic carbocycles. The van der Waals surface area contributed by atoms with Crippen molar-refractivity contribution in [2.45, 2.75) is 6.18 Å². The number of rotatable bonds is 2. The molecule has 0 aliphatic heterocycles. The Hall–Kier alpha value is -1.24. The Bertz CT molecular complexity index is 647. The van der Waals surface area contributed by atoms with Gasteiger partial charge in [-0.3, -0.25) is 0 Å². The average Bonchev–Trinajstić information content (AvgIpc) is 2.32. The summed E-state index contributed by atoms with van der Waals surface area (Å²) in [6, 6.07) is 4.58. The minimum absolute atomic E-state index is 0.0820. The molecule has 9 heteroatoms. The van der Waals surface area contributed by atoms with Crippen molar-refractivity contribution in [3.8, 4) is 0 Å². The van der Waals surface area contributed by atoms with Gasteiger partial charge in [0.25, 0.3) is 0 Å². The lowest BCUT2D eigenvalue weighted by Crippen LogP contribution is -2.09. The Morgan fingerprint density at radius 3 is 2.30 bits per heavy atom. The number of nitrogens with one attached hydrogen (secondary N) is 1. The number of benzene rings is 1. The highest BCUT2D eigenvalue weighted by atomic mass is 35.5. The van der Waals surface area contributed by atoms with Gasteiger partial charge in [-0.2, -0.15) is 13.2 Å². The molecule has 20 heavy (non-hydrogen) atoms. The van der Waals surface area contributed by atoms with E-state index in [1.807, 2.05) is 0 Å². The van der Waals surface area contributed by atoms with E-state index in [0.29, 0.717) is 16.9 Å². The Morgan fingerprint density at radius 2 is 1.75 bits per heavy atom. The summed E-state index contributed by atoms with van der Waals surface area (Å²) < 4.78 is 37.5. The van der Waals surface area contributed by atoms with Crippen LogP contribution in [0.15, 0.2) is 24.4 Å². The van der Waals surface area contributed by atoms with Crippen LogP contribution in [-0.4, -0.2) is 9.97 Å². The van der Waals surface area contributed by atoms with Crippen LogP contribution < -0.4 is 5.32 Å². The number of anilines is 2. The molecule has 0 spiro atoms. The molecule has 1 aromatic heterocycles. The van der Waals surface area contributed by atoms with Gasteiger partial charge in [0.15, 0.2) is 0 Å². The topological polar surface area (TPSA) is 37.8 Å². The molecular formula is C11H5Cl3F3N3. The van der Waals surface area contributed by atoms with Crippen LogP contribution >= 0.6 is 34.8 Å². The van der Waals surface area contributed by atoms with Crippen molar-refractivity contribution in [2.24, 2.45) is 0 Å². The number of hydrogen-bond donors (Lipinski definition) is 1. The Labute approximate surface area is 126 Å². The van der Waals surface area contributed by atoms with Crippen LogP contribution in [-0.2, 0) is 6.18 Å². The lowest BCUT2D eigenvalue weighted by molar-refractivity contribution is -0.137. The average molecular weight is 343 g/mol. The van der Waals surface area contributed by atoms with Gasteiger partial charge in [-0.15, -0.1) is 0 Å². The minimum Gasteiger partial charge on any atom is -0.324 e. The van der Waals surface area contributed by atoms with E-state index in [-0.39, 0.29) is 11.0 Å². The molecule has 3 nitrogen and oxygen atoms in total. The van der Waals surface area contributed by atoms with E-state index in [1.54, 1.807) is 6.07 Å². The highest BCUT2D eigenvalue weighted by molar-refractivity contribution is 6.42. The number of halogens is 6. The second kappa shape index (κ2) is 5.63. The Balaban J connectivity index is 2.26. The summed E-state index contributed by atoms with van der Waals surface area (Å²) in [6.45, 7) is 0. The van der Waals surface area contributed by atoms with E-state index in [4.69, 9.17) is 34.8 Å². The fraction of sp³-hybridized carbons (Fsp3) is 0.0909. The summed E-state index contributed by atoms with van der Waals surface area (Å²) in [5.74, 6) is -0.0820. The van der Waals surface area contributed by atoms with Gasteiger partial charge in [0, 0.05) is 11.9 Å². The largest absolute Gasteiger partial charge is 0.420 e. The van der Waals surface area contributed by atoms with Gasteiger partial charge < -0.3 is 5.32 Å². The first kappa shape index (κ1) is 15.2. The second-order valence-electron chi connectivity index (χ2n) is 3.65. The predicted molar refractivity (Wildman–Crippen MR) is 71.8 cm³/mol. The number of alkyl halides is 3. The highest BCUT2D eigenvalue weighted by Gasteiger charge is 2.34. The van der Waals surface area contributed by atoms with Crippen molar-refractivity contribution in [2.75, 3.05) is 5.32 Å². The Kier molecular flexibility index (Phi) is 4.27. The fourth-order valence-corrected chi connectivity index (χ4v) is 1.85. The lowest BCUT2D eigenvalue weighted by atomic mass is 10.3. The van der Waals surface area contributed by atoms with E-state index in [1.165, 1.54) is 12.1 Å². The van der Waals surface area contributed by atoms with Crippen molar-refractivity contribution < 1.29 is 13.2 Å². The first-order valence-electron chi connectivity index (χ1n) is 5.09. The minimum atomic E-state index is -4.60. The maximum atomic E-state index is 12.5. The van der Waals surface area contributed by atoms with Crippen LogP contribution in [0, 0.1) is 0 Å². The summed E-state index contributed by atoms with van der Waals surface area (Å²) in [6.07, 6.45) is -3.99. The molecule has 0 amide bonds. The first-order chi connectivity index (χ1) is 9.27. The lowest BCUT2D eigenvalue weighted by Gasteiger charge is -2.10. The fourth-order valence-electron chi connectivity index (χ4n) is 1.31. The van der Waals surface area contributed by atoms with E-state index < -0.39 is 16.9 Å². The first-order valence-corrected chi connectivity index (χ1v) is 6.22. The standard InChI is InChI=1S/C11H5Cl3F3N3/c12-7-2-1-5(3-8(7)13)19-10-18-4-6(9(14)20-10)11(15,16)17/h1-4H,(H,18,19,20). The van der Waals surface area contributed by atoms with Crippen molar-refractivity contribution >= 4 is 46.4 Å². The quantitative estimate of drug-likeness (QED) is 0.762. The molecule has 0 fully saturated rings. The summed E-state index contributed by atoms with van der Waals surface area (Å²) >= 11 is 17.0. The molecule has 1 N–H and O–H groups in total. The van der Waals surface area contributed by atoms with Crippen molar-refractivity contribution in [1.29, 1.82) is 0 Å². The molecule has 0 saturated carbocycles. The zero-order chi connectivity index (χ0) is 14.9. The third kappa shape index (κ3) is 3.45. The van der Waals surface area contributed by atoms with Gasteiger partial charge in [-0.05, 0) is 18.2 Å². The van der Waals surface area contributed by atoms with E-state index in [9.17, 15) is 13.2 Å². The molecule has 2 aromatic rings. The van der Waals surface area contributed by atoms with E-state index in [0.717, 1.165) is 0 Å². The van der Waals surface area contributed by atoms with E-state index in [2.05, 4.69) is 15.3 Å². The molecule has 0 aliphatic rings. The summed E-state index contributed by atoms with van der Waals surface area (Å²) in [5, 5.41) is 2.63.